The predicted molar refractivity (Wildman–Crippen MR) is 155 cm³/mol. The lowest BCUT2D eigenvalue weighted by Gasteiger charge is -2.33. The number of hydrogen-bond donors (Lipinski definition) is 2. The van der Waals surface area contributed by atoms with Gasteiger partial charge in [-0.25, -0.2) is 29.5 Å². The Morgan fingerprint density at radius 2 is 1.77 bits per heavy atom. The highest BCUT2D eigenvalue weighted by atomic mass is 32.1. The Kier molecular flexibility index (Phi) is 8.21. The highest BCUT2D eigenvalue weighted by Crippen LogP contribution is 2.69. The van der Waals surface area contributed by atoms with Crippen molar-refractivity contribution in [3.05, 3.63) is 52.2 Å². The Morgan fingerprint density at radius 1 is 1.13 bits per heavy atom. The van der Waals surface area contributed by atoms with E-state index in [0.717, 1.165) is 22.8 Å². The van der Waals surface area contributed by atoms with Gasteiger partial charge in [0.15, 0.2) is 5.85 Å². The molecule has 2 aromatic heterocycles. The molecule has 11 nitrogen and oxygen atoms in total. The first-order chi connectivity index (χ1) is 18.5. The molecule has 1 aromatic carbocycles. The molecule has 0 saturated carbocycles. The van der Waals surface area contributed by atoms with E-state index in [4.69, 9.17) is 18.9 Å². The average molecular weight is 594 g/mol. The Bertz CT molecular complexity index is 1370. The molecule has 39 heavy (non-hydrogen) atoms. The fraction of sp³-hybridized carbons (Fsp3) is 0.520. The summed E-state index contributed by atoms with van der Waals surface area (Å²) < 4.78 is 43.8. The Balaban J connectivity index is 1.34. The van der Waals surface area contributed by atoms with Crippen molar-refractivity contribution >= 4 is 32.3 Å². The van der Waals surface area contributed by atoms with Crippen LogP contribution in [0.3, 0.4) is 0 Å². The van der Waals surface area contributed by atoms with Gasteiger partial charge in [0, 0.05) is 56.1 Å². The lowest BCUT2D eigenvalue weighted by atomic mass is 10.2. The van der Waals surface area contributed by atoms with Gasteiger partial charge in [-0.1, -0.05) is 18.2 Å². The second-order valence-electron chi connectivity index (χ2n) is 10.3. The third-order valence-electron chi connectivity index (χ3n) is 7.49. The molecule has 1 unspecified atom stereocenters. The number of likely N-dealkylation sites (N-methyl/N-ethyl adjacent to an activating group) is 3. The molecule has 212 valence electrons. The Labute approximate surface area is 234 Å². The zero-order valence-corrected chi connectivity index (χ0v) is 25.8. The van der Waals surface area contributed by atoms with Gasteiger partial charge in [-0.3, -0.25) is 13.7 Å². The van der Waals surface area contributed by atoms with Crippen molar-refractivity contribution < 1.29 is 18.1 Å². The van der Waals surface area contributed by atoms with Crippen molar-refractivity contribution in [2.45, 2.75) is 45.1 Å². The van der Waals surface area contributed by atoms with Crippen molar-refractivity contribution in [3.8, 4) is 11.5 Å². The summed E-state index contributed by atoms with van der Waals surface area (Å²) in [5, 5.41) is 8.57. The highest BCUT2D eigenvalue weighted by molar-refractivity contribution is 7.61. The molecule has 2 saturated heterocycles. The monoisotopic (exact) mass is 593 g/mol. The summed E-state index contributed by atoms with van der Waals surface area (Å²) in [4.78, 5) is 11.6. The first kappa shape index (κ1) is 28.6. The van der Waals surface area contributed by atoms with E-state index in [-0.39, 0.29) is 12.1 Å². The third kappa shape index (κ3) is 5.67. The minimum Gasteiger partial charge on any atom is -0.441 e. The maximum Gasteiger partial charge on any atom is 0.342 e. The topological polar surface area (TPSA) is 116 Å². The fourth-order valence-electron chi connectivity index (χ4n) is 4.76. The molecule has 2 fully saturated rings. The van der Waals surface area contributed by atoms with Crippen LogP contribution in [0, 0.1) is 6.92 Å². The van der Waals surface area contributed by atoms with E-state index in [1.165, 1.54) is 11.3 Å². The van der Waals surface area contributed by atoms with E-state index >= 15 is 0 Å². The molecule has 0 aliphatic carbocycles. The van der Waals surface area contributed by atoms with Gasteiger partial charge in [0.25, 0.3) is 7.44 Å². The number of aryl methyl sites for hydroxylation is 1. The van der Waals surface area contributed by atoms with E-state index in [9.17, 15) is 9.13 Å². The number of oxazole rings is 1. The van der Waals surface area contributed by atoms with Crippen LogP contribution in [-0.2, 0) is 20.1 Å². The van der Waals surface area contributed by atoms with Crippen LogP contribution in [-0.4, -0.2) is 72.2 Å². The van der Waals surface area contributed by atoms with Crippen molar-refractivity contribution in [3.63, 3.8) is 0 Å². The van der Waals surface area contributed by atoms with Crippen LogP contribution in [0.1, 0.15) is 36.2 Å². The highest BCUT2D eigenvalue weighted by Gasteiger charge is 2.52. The van der Waals surface area contributed by atoms with Crippen molar-refractivity contribution in [2.75, 3.05) is 45.7 Å². The number of nitrogens with zero attached hydrogens (tertiary/aromatic N) is 5. The normalized spacial score (nSPS) is 23.8. The number of hydrogen-bond acceptors (Lipinski definition) is 8. The molecule has 3 aromatic rings. The van der Waals surface area contributed by atoms with Gasteiger partial charge < -0.3 is 9.32 Å². The number of nitrogens with one attached hydrogen (secondary N) is 2. The Morgan fingerprint density at radius 3 is 2.41 bits per heavy atom. The molecule has 3 atom stereocenters. The van der Waals surface area contributed by atoms with Crippen molar-refractivity contribution in [1.82, 2.24) is 29.5 Å². The molecule has 2 aliphatic rings. The zero-order chi connectivity index (χ0) is 27.9. The molecule has 0 spiro atoms. The van der Waals surface area contributed by atoms with Crippen LogP contribution in [0.5, 0.6) is 0 Å². The summed E-state index contributed by atoms with van der Waals surface area (Å²) in [6, 6.07) is 9.76. The van der Waals surface area contributed by atoms with E-state index < -0.39 is 21.0 Å². The minimum atomic E-state index is -3.44. The maximum atomic E-state index is 14.4. The van der Waals surface area contributed by atoms with E-state index in [1.807, 2.05) is 91.9 Å². The maximum absolute atomic E-state index is 14.4. The molecule has 0 bridgehead atoms. The van der Waals surface area contributed by atoms with Gasteiger partial charge in [0.05, 0.1) is 5.69 Å². The first-order valence-corrected chi connectivity index (χ1v) is 17.2. The minimum absolute atomic E-state index is 0.0446. The number of benzene rings is 1. The standard InChI is InChI=1S/C25H37N7O4P2S/c1-17-18(2)29-38(34,28-17)36-25(37(33)31(5)14-15-32(37)6)24-27-22(16-39-24)30(4)13-12-21-19(3)35-23(26-21)20-10-8-7-9-11-20/h7-11,16-18,25H,12-15H2,1-6H3,(H2,28,29,34)/t17-,18-,25?/m0/s1. The van der Waals surface area contributed by atoms with Crippen LogP contribution < -0.4 is 15.1 Å². The van der Waals surface area contributed by atoms with Gasteiger partial charge in [-0.2, -0.15) is 0 Å². The number of anilines is 1. The zero-order valence-electron chi connectivity index (χ0n) is 23.2. The van der Waals surface area contributed by atoms with Crippen molar-refractivity contribution in [2.24, 2.45) is 0 Å². The van der Waals surface area contributed by atoms with Crippen LogP contribution in [0.25, 0.3) is 11.5 Å². The molecule has 2 aliphatic heterocycles. The summed E-state index contributed by atoms with van der Waals surface area (Å²) in [7, 11) is -1.07. The van der Waals surface area contributed by atoms with E-state index in [2.05, 4.69) is 10.2 Å². The quantitative estimate of drug-likeness (QED) is 0.329. The summed E-state index contributed by atoms with van der Waals surface area (Å²) in [5.74, 6) is 1.18. The molecular formula is C25H37N7O4P2S. The largest absolute Gasteiger partial charge is 0.441 e. The SMILES string of the molecule is Cc1oc(-c2ccccc2)nc1CCN(C)c1csc(C(OP2(=O)N[C@@H](C)[C@H](C)N2)P2(=O)N(C)CCN2C)n1. The molecule has 4 heterocycles. The molecule has 14 heteroatoms. The third-order valence-corrected chi connectivity index (χ3v) is 14.0. The van der Waals surface area contributed by atoms with Gasteiger partial charge in [-0.15, -0.1) is 11.3 Å². The fourth-order valence-corrected chi connectivity index (χ4v) is 11.5. The molecule has 0 radical (unpaired) electrons. The van der Waals surface area contributed by atoms with Gasteiger partial charge in [0.2, 0.25) is 5.89 Å². The molecule has 5 rings (SSSR count). The van der Waals surface area contributed by atoms with Crippen LogP contribution in [0.15, 0.2) is 40.1 Å². The summed E-state index contributed by atoms with van der Waals surface area (Å²) in [5.41, 5.74) is 1.84. The van der Waals surface area contributed by atoms with Gasteiger partial charge in [0.1, 0.15) is 16.6 Å². The second kappa shape index (κ2) is 11.2. The van der Waals surface area contributed by atoms with Crippen LogP contribution in [0.2, 0.25) is 0 Å². The molecule has 0 amide bonds. The van der Waals surface area contributed by atoms with E-state index in [1.54, 1.807) is 0 Å². The molecule has 2 N–H and O–H groups in total. The molecular weight excluding hydrogens is 556 g/mol. The summed E-state index contributed by atoms with van der Waals surface area (Å²) in [6.45, 7) is 7.74. The van der Waals surface area contributed by atoms with Crippen LogP contribution >= 0.6 is 26.5 Å². The number of thiazole rings is 1. The number of rotatable bonds is 9. The average Bonchev–Trinajstić information content (AvgIpc) is 3.66. The smallest absolute Gasteiger partial charge is 0.342 e. The van der Waals surface area contributed by atoms with Gasteiger partial charge >= 0.3 is 7.67 Å². The van der Waals surface area contributed by atoms with E-state index in [0.29, 0.717) is 37.0 Å². The summed E-state index contributed by atoms with van der Waals surface area (Å²) >= 11 is 1.37. The summed E-state index contributed by atoms with van der Waals surface area (Å²) in [6.07, 6.45) is 0.675. The van der Waals surface area contributed by atoms with Gasteiger partial charge in [-0.05, 0) is 47.0 Å². The van der Waals surface area contributed by atoms with Crippen LogP contribution in [0.4, 0.5) is 5.82 Å². The number of aromatic nitrogens is 2. The second-order valence-corrected chi connectivity index (χ2v) is 16.0. The predicted octanol–water partition coefficient (Wildman–Crippen LogP) is 4.95. The lowest BCUT2D eigenvalue weighted by molar-refractivity contribution is 0.252. The van der Waals surface area contributed by atoms with Crippen molar-refractivity contribution in [1.29, 1.82) is 0 Å². The lowest BCUT2D eigenvalue weighted by Crippen LogP contribution is -2.26. The Hall–Kier alpha value is -1.88. The first-order valence-electron chi connectivity index (χ1n) is 13.1.